The molecule has 0 atom stereocenters. The first-order valence-corrected chi connectivity index (χ1v) is 7.03. The van der Waals surface area contributed by atoms with Gasteiger partial charge in [0.25, 0.3) is 0 Å². The maximum absolute atomic E-state index is 11.9. The standard InChI is InChI=1S/C15H14BrNO/c16-13-6-4-12-10-14(7-5-11(12)9-13)17-8-2-1-3-15(17)18/h4-7,9-10H,1-3,8H2. The van der Waals surface area contributed by atoms with Crippen molar-refractivity contribution in [2.75, 3.05) is 11.4 Å². The van der Waals surface area contributed by atoms with Gasteiger partial charge in [0.2, 0.25) is 5.91 Å². The molecule has 0 saturated carbocycles. The summed E-state index contributed by atoms with van der Waals surface area (Å²) in [5.41, 5.74) is 1.02. The van der Waals surface area contributed by atoms with Crippen molar-refractivity contribution in [1.82, 2.24) is 0 Å². The van der Waals surface area contributed by atoms with Crippen molar-refractivity contribution in [1.29, 1.82) is 0 Å². The number of nitrogens with zero attached hydrogens (tertiary/aromatic N) is 1. The van der Waals surface area contributed by atoms with Crippen LogP contribution in [-0.4, -0.2) is 12.5 Å². The fourth-order valence-electron chi connectivity index (χ4n) is 2.45. The highest BCUT2D eigenvalue weighted by Gasteiger charge is 2.19. The van der Waals surface area contributed by atoms with Gasteiger partial charge in [-0.15, -0.1) is 0 Å². The summed E-state index contributed by atoms with van der Waals surface area (Å²) in [5, 5.41) is 2.37. The molecule has 0 aliphatic carbocycles. The number of carbonyl (C=O) groups excluding carboxylic acids is 1. The highest BCUT2D eigenvalue weighted by molar-refractivity contribution is 9.10. The van der Waals surface area contributed by atoms with Crippen LogP contribution in [0.5, 0.6) is 0 Å². The molecule has 1 aliphatic heterocycles. The quantitative estimate of drug-likeness (QED) is 0.776. The Morgan fingerprint density at radius 1 is 1.00 bits per heavy atom. The number of piperidine rings is 1. The maximum atomic E-state index is 11.9. The number of hydrogen-bond donors (Lipinski definition) is 0. The topological polar surface area (TPSA) is 20.3 Å². The van der Waals surface area contributed by atoms with Gasteiger partial charge in [0.05, 0.1) is 0 Å². The largest absolute Gasteiger partial charge is 0.312 e. The third-order valence-corrected chi connectivity index (χ3v) is 3.91. The predicted molar refractivity (Wildman–Crippen MR) is 77.9 cm³/mol. The molecule has 2 aromatic rings. The Balaban J connectivity index is 2.02. The summed E-state index contributed by atoms with van der Waals surface area (Å²) in [5.74, 6) is 0.248. The fourth-order valence-corrected chi connectivity index (χ4v) is 2.83. The lowest BCUT2D eigenvalue weighted by molar-refractivity contribution is -0.119. The number of amides is 1. The van der Waals surface area contributed by atoms with Crippen LogP contribution in [-0.2, 0) is 4.79 Å². The van der Waals surface area contributed by atoms with Gasteiger partial charge in [0.1, 0.15) is 0 Å². The van der Waals surface area contributed by atoms with Gasteiger partial charge in [0, 0.05) is 23.1 Å². The van der Waals surface area contributed by atoms with Gasteiger partial charge in [-0.2, -0.15) is 0 Å². The van der Waals surface area contributed by atoms with Crippen molar-refractivity contribution in [2.45, 2.75) is 19.3 Å². The molecule has 18 heavy (non-hydrogen) atoms. The molecule has 0 bridgehead atoms. The van der Waals surface area contributed by atoms with Crippen LogP contribution in [0.1, 0.15) is 19.3 Å². The second-order valence-electron chi connectivity index (χ2n) is 4.68. The molecule has 1 heterocycles. The molecule has 1 aliphatic rings. The zero-order valence-corrected chi connectivity index (χ0v) is 11.6. The number of benzene rings is 2. The van der Waals surface area contributed by atoms with Crippen LogP contribution in [0.2, 0.25) is 0 Å². The minimum atomic E-state index is 0.248. The first-order valence-electron chi connectivity index (χ1n) is 6.24. The van der Waals surface area contributed by atoms with Gasteiger partial charge in [0.15, 0.2) is 0 Å². The summed E-state index contributed by atoms with van der Waals surface area (Å²) >= 11 is 3.47. The van der Waals surface area contributed by atoms with E-state index in [4.69, 9.17) is 0 Å². The average molecular weight is 304 g/mol. The Labute approximate surface area is 115 Å². The maximum Gasteiger partial charge on any atom is 0.226 e. The SMILES string of the molecule is O=C1CCCCN1c1ccc2cc(Br)ccc2c1. The summed E-state index contributed by atoms with van der Waals surface area (Å²) in [4.78, 5) is 13.8. The highest BCUT2D eigenvalue weighted by Crippen LogP contribution is 2.27. The Bertz CT molecular complexity index is 608. The summed E-state index contributed by atoms with van der Waals surface area (Å²) in [7, 11) is 0. The van der Waals surface area contributed by atoms with Gasteiger partial charge < -0.3 is 4.90 Å². The first kappa shape index (κ1) is 11.7. The number of rotatable bonds is 1. The third-order valence-electron chi connectivity index (χ3n) is 3.42. The first-order chi connectivity index (χ1) is 8.74. The molecule has 1 fully saturated rings. The van der Waals surface area contributed by atoms with Crippen molar-refractivity contribution in [3.8, 4) is 0 Å². The average Bonchev–Trinajstić information content (AvgIpc) is 2.39. The van der Waals surface area contributed by atoms with Crippen LogP contribution in [0.15, 0.2) is 40.9 Å². The van der Waals surface area contributed by atoms with E-state index in [9.17, 15) is 4.79 Å². The lowest BCUT2D eigenvalue weighted by Crippen LogP contribution is -2.35. The summed E-state index contributed by atoms with van der Waals surface area (Å²) < 4.78 is 1.08. The van der Waals surface area contributed by atoms with Crippen molar-refractivity contribution in [2.24, 2.45) is 0 Å². The minimum absolute atomic E-state index is 0.248. The molecule has 0 spiro atoms. The van der Waals surface area contributed by atoms with Crippen LogP contribution in [0.4, 0.5) is 5.69 Å². The van der Waals surface area contributed by atoms with E-state index in [2.05, 4.69) is 40.2 Å². The van der Waals surface area contributed by atoms with E-state index in [0.717, 1.165) is 29.5 Å². The minimum Gasteiger partial charge on any atom is -0.312 e. The molecule has 3 heteroatoms. The predicted octanol–water partition coefficient (Wildman–Crippen LogP) is 4.12. The van der Waals surface area contributed by atoms with Gasteiger partial charge in [-0.25, -0.2) is 0 Å². The number of fused-ring (bicyclic) bond motifs is 1. The molecule has 3 rings (SSSR count). The molecule has 92 valence electrons. The van der Waals surface area contributed by atoms with Crippen LogP contribution in [0, 0.1) is 0 Å². The summed E-state index contributed by atoms with van der Waals surface area (Å²) in [6.07, 6.45) is 2.80. The van der Waals surface area contributed by atoms with E-state index in [1.54, 1.807) is 0 Å². The van der Waals surface area contributed by atoms with Crippen LogP contribution in [0.3, 0.4) is 0 Å². The van der Waals surface area contributed by atoms with Gasteiger partial charge in [-0.1, -0.05) is 28.1 Å². The van der Waals surface area contributed by atoms with Crippen LogP contribution >= 0.6 is 15.9 Å². The molecule has 1 saturated heterocycles. The number of carbonyl (C=O) groups is 1. The molecule has 2 nitrogen and oxygen atoms in total. The Morgan fingerprint density at radius 3 is 2.61 bits per heavy atom. The lowest BCUT2D eigenvalue weighted by Gasteiger charge is -2.27. The molecule has 1 amide bonds. The van der Waals surface area contributed by atoms with Crippen LogP contribution in [0.25, 0.3) is 10.8 Å². The Morgan fingerprint density at radius 2 is 1.78 bits per heavy atom. The number of halogens is 1. The zero-order valence-electron chi connectivity index (χ0n) is 10.0. The summed E-state index contributed by atoms with van der Waals surface area (Å²) in [6.45, 7) is 0.848. The molecule has 0 unspecified atom stereocenters. The highest BCUT2D eigenvalue weighted by atomic mass is 79.9. The van der Waals surface area contributed by atoms with Crippen LogP contribution < -0.4 is 4.90 Å². The second kappa shape index (κ2) is 4.73. The Kier molecular flexibility index (Phi) is 3.08. The zero-order chi connectivity index (χ0) is 12.5. The van der Waals surface area contributed by atoms with E-state index in [-0.39, 0.29) is 5.91 Å². The fraction of sp³-hybridized carbons (Fsp3) is 0.267. The van der Waals surface area contributed by atoms with E-state index in [1.807, 2.05) is 17.0 Å². The smallest absolute Gasteiger partial charge is 0.226 e. The normalized spacial score (nSPS) is 16.3. The van der Waals surface area contributed by atoms with E-state index >= 15 is 0 Å². The second-order valence-corrected chi connectivity index (χ2v) is 5.59. The molecular weight excluding hydrogens is 290 g/mol. The van der Waals surface area contributed by atoms with Crippen molar-refractivity contribution in [3.63, 3.8) is 0 Å². The van der Waals surface area contributed by atoms with E-state index < -0.39 is 0 Å². The Hall–Kier alpha value is -1.35. The molecular formula is C15H14BrNO. The van der Waals surface area contributed by atoms with Gasteiger partial charge in [-0.3, -0.25) is 4.79 Å². The van der Waals surface area contributed by atoms with Crippen molar-refractivity contribution in [3.05, 3.63) is 40.9 Å². The molecule has 0 radical (unpaired) electrons. The monoisotopic (exact) mass is 303 g/mol. The number of hydrogen-bond acceptors (Lipinski definition) is 1. The third kappa shape index (κ3) is 2.15. The molecule has 2 aromatic carbocycles. The molecule has 0 aromatic heterocycles. The van der Waals surface area contributed by atoms with Gasteiger partial charge in [-0.05, 0) is 47.9 Å². The molecule has 0 N–H and O–H groups in total. The lowest BCUT2D eigenvalue weighted by atomic mass is 10.1. The van der Waals surface area contributed by atoms with E-state index in [1.165, 1.54) is 10.8 Å². The van der Waals surface area contributed by atoms with E-state index in [0.29, 0.717) is 6.42 Å². The summed E-state index contributed by atoms with van der Waals surface area (Å²) in [6, 6.07) is 12.4. The van der Waals surface area contributed by atoms with Gasteiger partial charge >= 0.3 is 0 Å². The van der Waals surface area contributed by atoms with Crippen molar-refractivity contribution < 1.29 is 4.79 Å². The number of anilines is 1. The van der Waals surface area contributed by atoms with Crippen molar-refractivity contribution >= 4 is 38.3 Å².